The topological polar surface area (TPSA) is 38.0 Å². The van der Waals surface area contributed by atoms with Crippen molar-refractivity contribution in [3.8, 4) is 0 Å². The Morgan fingerprint density at radius 1 is 1.20 bits per heavy atom. The molecule has 0 saturated carbocycles. The number of nitrogens with two attached hydrogens (primary N) is 1. The summed E-state index contributed by atoms with van der Waals surface area (Å²) in [5.74, 6) is 0. The summed E-state index contributed by atoms with van der Waals surface area (Å²) in [6, 6.07) is 11.7. The highest BCUT2D eigenvalue weighted by molar-refractivity contribution is 7.98. The zero-order chi connectivity index (χ0) is 14.7. The molecule has 20 heavy (non-hydrogen) atoms. The molecule has 104 valence electrons. The molecule has 2 aromatic rings. The Balaban J connectivity index is 2.48. The fraction of sp³-hybridized carbons (Fsp3) is 0.133. The van der Waals surface area contributed by atoms with E-state index >= 15 is 0 Å². The van der Waals surface area contributed by atoms with E-state index in [1.165, 1.54) is 0 Å². The normalized spacial score (nSPS) is 10.3. The second-order valence-corrected chi connectivity index (χ2v) is 5.98. The second-order valence-electron chi connectivity index (χ2n) is 4.28. The average Bonchev–Trinajstić information content (AvgIpc) is 2.43. The summed E-state index contributed by atoms with van der Waals surface area (Å²) < 4.78 is 0. The Morgan fingerprint density at radius 3 is 2.50 bits per heavy atom. The molecule has 0 fully saturated rings. The lowest BCUT2D eigenvalue weighted by Gasteiger charge is -2.16. The zero-order valence-electron chi connectivity index (χ0n) is 11.2. The van der Waals surface area contributed by atoms with Gasteiger partial charge in [-0.1, -0.05) is 36.0 Å². The van der Waals surface area contributed by atoms with Gasteiger partial charge in [0, 0.05) is 26.9 Å². The lowest BCUT2D eigenvalue weighted by molar-refractivity contribution is 1.37. The van der Waals surface area contributed by atoms with E-state index in [1.54, 1.807) is 11.8 Å². The smallest absolute Gasteiger partial charge is 0.107 e. The molecule has 2 nitrogen and oxygen atoms in total. The van der Waals surface area contributed by atoms with Crippen LogP contribution in [-0.2, 0) is 0 Å². The van der Waals surface area contributed by atoms with Crippen LogP contribution in [0.1, 0.15) is 11.1 Å². The SMILES string of the molecule is CSc1cccc(Nc2cccc(Cl)c2C)c1C(N)=S. The Hall–Kier alpha value is -1.23. The van der Waals surface area contributed by atoms with E-state index in [1.807, 2.05) is 49.6 Å². The number of hydrogen-bond acceptors (Lipinski definition) is 3. The first-order valence-electron chi connectivity index (χ1n) is 6.03. The number of rotatable bonds is 4. The number of thioether (sulfide) groups is 1. The molecular formula is C15H15ClN2S2. The summed E-state index contributed by atoms with van der Waals surface area (Å²) in [4.78, 5) is 1.44. The Labute approximate surface area is 133 Å². The van der Waals surface area contributed by atoms with Crippen LogP contribution in [0.2, 0.25) is 5.02 Å². The average molecular weight is 323 g/mol. The Kier molecular flexibility index (Phi) is 4.91. The number of nitrogens with one attached hydrogen (secondary N) is 1. The molecule has 0 aliphatic heterocycles. The van der Waals surface area contributed by atoms with Gasteiger partial charge in [0.25, 0.3) is 0 Å². The largest absolute Gasteiger partial charge is 0.389 e. The maximum absolute atomic E-state index is 6.15. The molecule has 0 aliphatic rings. The number of anilines is 2. The highest BCUT2D eigenvalue weighted by Crippen LogP contribution is 2.31. The lowest BCUT2D eigenvalue weighted by atomic mass is 10.1. The minimum absolute atomic E-state index is 0.386. The van der Waals surface area contributed by atoms with Crippen LogP contribution in [0.15, 0.2) is 41.3 Å². The van der Waals surface area contributed by atoms with Gasteiger partial charge in [-0.15, -0.1) is 11.8 Å². The quantitative estimate of drug-likeness (QED) is 0.629. The maximum Gasteiger partial charge on any atom is 0.107 e. The third-order valence-corrected chi connectivity index (χ3v) is 4.42. The van der Waals surface area contributed by atoms with E-state index in [0.29, 0.717) is 4.99 Å². The van der Waals surface area contributed by atoms with Gasteiger partial charge in [-0.3, -0.25) is 0 Å². The Bertz CT molecular complexity index is 656. The van der Waals surface area contributed by atoms with Crippen molar-refractivity contribution in [2.75, 3.05) is 11.6 Å². The molecule has 0 aliphatic carbocycles. The predicted octanol–water partition coefficient (Wildman–Crippen LogP) is 4.75. The molecule has 2 rings (SSSR count). The van der Waals surface area contributed by atoms with E-state index < -0.39 is 0 Å². The van der Waals surface area contributed by atoms with Crippen LogP contribution >= 0.6 is 35.6 Å². The molecule has 0 spiro atoms. The molecule has 2 aromatic carbocycles. The summed E-state index contributed by atoms with van der Waals surface area (Å²) in [5, 5.41) is 4.10. The summed E-state index contributed by atoms with van der Waals surface area (Å²) in [6.45, 7) is 1.98. The van der Waals surface area contributed by atoms with Crippen molar-refractivity contribution in [2.24, 2.45) is 5.73 Å². The summed E-state index contributed by atoms with van der Waals surface area (Å²) in [5.41, 5.74) is 9.58. The first-order valence-corrected chi connectivity index (χ1v) is 8.04. The van der Waals surface area contributed by atoms with Crippen LogP contribution < -0.4 is 11.1 Å². The molecule has 5 heteroatoms. The molecule has 0 unspecified atom stereocenters. The van der Waals surface area contributed by atoms with Crippen LogP contribution in [0.4, 0.5) is 11.4 Å². The van der Waals surface area contributed by atoms with E-state index in [-0.39, 0.29) is 0 Å². The van der Waals surface area contributed by atoms with Crippen molar-refractivity contribution >= 4 is 51.9 Å². The van der Waals surface area contributed by atoms with Gasteiger partial charge >= 0.3 is 0 Å². The molecule has 3 N–H and O–H groups in total. The fourth-order valence-corrected chi connectivity index (χ4v) is 3.05. The second kappa shape index (κ2) is 6.48. The summed E-state index contributed by atoms with van der Waals surface area (Å²) in [6.07, 6.45) is 2.01. The molecule has 0 heterocycles. The molecule has 0 radical (unpaired) electrons. The van der Waals surface area contributed by atoms with Gasteiger partial charge in [0.15, 0.2) is 0 Å². The van der Waals surface area contributed by atoms with Gasteiger partial charge in [0.05, 0.1) is 0 Å². The third kappa shape index (κ3) is 3.08. The molecule has 0 bridgehead atoms. The van der Waals surface area contributed by atoms with Crippen LogP contribution in [-0.4, -0.2) is 11.2 Å². The number of halogens is 1. The van der Waals surface area contributed by atoms with Crippen LogP contribution in [0, 0.1) is 6.92 Å². The number of hydrogen-bond donors (Lipinski definition) is 2. The maximum atomic E-state index is 6.15. The predicted molar refractivity (Wildman–Crippen MR) is 93.6 cm³/mol. The van der Waals surface area contributed by atoms with Gasteiger partial charge in [-0.2, -0.15) is 0 Å². The zero-order valence-corrected chi connectivity index (χ0v) is 13.6. The van der Waals surface area contributed by atoms with Crippen LogP contribution in [0.25, 0.3) is 0 Å². The molecule has 0 amide bonds. The van der Waals surface area contributed by atoms with E-state index in [9.17, 15) is 0 Å². The summed E-state index contributed by atoms with van der Waals surface area (Å²) in [7, 11) is 0. The third-order valence-electron chi connectivity index (χ3n) is 3.03. The van der Waals surface area contributed by atoms with Gasteiger partial charge in [0.1, 0.15) is 4.99 Å². The van der Waals surface area contributed by atoms with Crippen molar-refractivity contribution < 1.29 is 0 Å². The van der Waals surface area contributed by atoms with Gasteiger partial charge < -0.3 is 11.1 Å². The van der Waals surface area contributed by atoms with Crippen molar-refractivity contribution in [1.82, 2.24) is 0 Å². The molecule has 0 aromatic heterocycles. The van der Waals surface area contributed by atoms with Crippen LogP contribution in [0.3, 0.4) is 0 Å². The van der Waals surface area contributed by atoms with Crippen molar-refractivity contribution in [3.05, 3.63) is 52.5 Å². The Morgan fingerprint density at radius 2 is 1.85 bits per heavy atom. The van der Waals surface area contributed by atoms with Crippen molar-refractivity contribution in [3.63, 3.8) is 0 Å². The van der Waals surface area contributed by atoms with Gasteiger partial charge in [-0.05, 0) is 43.0 Å². The first-order chi connectivity index (χ1) is 9.54. The highest BCUT2D eigenvalue weighted by atomic mass is 35.5. The van der Waals surface area contributed by atoms with Gasteiger partial charge in [-0.25, -0.2) is 0 Å². The highest BCUT2D eigenvalue weighted by Gasteiger charge is 2.12. The van der Waals surface area contributed by atoms with Gasteiger partial charge in [0.2, 0.25) is 0 Å². The number of benzene rings is 2. The van der Waals surface area contributed by atoms with Crippen molar-refractivity contribution in [2.45, 2.75) is 11.8 Å². The first kappa shape index (κ1) is 15.2. The molecule has 0 atom stereocenters. The van der Waals surface area contributed by atoms with E-state index in [0.717, 1.165) is 32.4 Å². The standard InChI is InChI=1S/C15H15ClN2S2/c1-9-10(16)5-3-6-11(9)18-12-7-4-8-13(20-2)14(12)15(17)19/h3-8,18H,1-2H3,(H2,17,19). The molecular weight excluding hydrogens is 308 g/mol. The lowest BCUT2D eigenvalue weighted by Crippen LogP contribution is -2.13. The number of thiocarbonyl (C=S) groups is 1. The van der Waals surface area contributed by atoms with E-state index in [4.69, 9.17) is 29.6 Å². The fourth-order valence-electron chi connectivity index (χ4n) is 1.95. The van der Waals surface area contributed by atoms with E-state index in [2.05, 4.69) is 5.32 Å². The van der Waals surface area contributed by atoms with Crippen LogP contribution in [0.5, 0.6) is 0 Å². The minimum atomic E-state index is 0.386. The van der Waals surface area contributed by atoms with Crippen molar-refractivity contribution in [1.29, 1.82) is 0 Å². The molecule has 0 saturated heterocycles. The monoisotopic (exact) mass is 322 g/mol. The minimum Gasteiger partial charge on any atom is -0.389 e. The summed E-state index contributed by atoms with van der Waals surface area (Å²) >= 11 is 12.9.